The minimum absolute atomic E-state index is 0.0450. The van der Waals surface area contributed by atoms with Gasteiger partial charge in [-0.05, 0) is 31.0 Å². The molecule has 1 amide bonds. The summed E-state index contributed by atoms with van der Waals surface area (Å²) in [6.45, 7) is 5.19. The first-order valence-corrected chi connectivity index (χ1v) is 7.76. The maximum absolute atomic E-state index is 13.0. The molecule has 120 valence electrons. The molecule has 0 aliphatic carbocycles. The van der Waals surface area contributed by atoms with Crippen molar-refractivity contribution in [1.29, 1.82) is 0 Å². The van der Waals surface area contributed by atoms with Gasteiger partial charge in [0.25, 0.3) is 5.91 Å². The molecule has 1 aromatic heterocycles. The molecule has 0 spiro atoms. The zero-order chi connectivity index (χ0) is 16.6. The topological polar surface area (TPSA) is 56.4 Å². The number of carbonyl (C=O) groups excluding carboxylic acids is 1. The third kappa shape index (κ3) is 2.86. The molecule has 0 radical (unpaired) electrons. The zero-order valence-corrected chi connectivity index (χ0v) is 13.7. The van der Waals surface area contributed by atoms with Crippen molar-refractivity contribution in [2.75, 3.05) is 18.5 Å². The normalized spacial score (nSPS) is 17.6. The number of hydrogen-bond donors (Lipinski definition) is 1. The van der Waals surface area contributed by atoms with Crippen molar-refractivity contribution >= 4 is 11.6 Å². The largest absolute Gasteiger partial charge is 0.372 e. The SMILES string of the molecule is Cc1cc(=O)[nH]cc1C(=O)N1Cc2ccccc2N(C)C[C@H]1C. The molecule has 1 aromatic carbocycles. The number of benzene rings is 1. The summed E-state index contributed by atoms with van der Waals surface area (Å²) >= 11 is 0. The molecular weight excluding hydrogens is 290 g/mol. The summed E-state index contributed by atoms with van der Waals surface area (Å²) in [6, 6.07) is 9.70. The molecule has 1 N–H and O–H groups in total. The molecule has 2 heterocycles. The van der Waals surface area contributed by atoms with Gasteiger partial charge >= 0.3 is 0 Å². The number of para-hydroxylation sites is 1. The van der Waals surface area contributed by atoms with Crippen LogP contribution < -0.4 is 10.5 Å². The Balaban J connectivity index is 1.98. The van der Waals surface area contributed by atoms with E-state index in [9.17, 15) is 9.59 Å². The van der Waals surface area contributed by atoms with E-state index in [4.69, 9.17) is 0 Å². The molecule has 0 saturated carbocycles. The number of fused-ring (bicyclic) bond motifs is 1. The van der Waals surface area contributed by atoms with Crippen LogP contribution in [0.2, 0.25) is 0 Å². The molecule has 1 aliphatic rings. The predicted molar refractivity (Wildman–Crippen MR) is 90.8 cm³/mol. The minimum Gasteiger partial charge on any atom is -0.372 e. The Kier molecular flexibility index (Phi) is 3.94. The maximum Gasteiger partial charge on any atom is 0.256 e. The van der Waals surface area contributed by atoms with Crippen molar-refractivity contribution in [1.82, 2.24) is 9.88 Å². The summed E-state index contributed by atoms with van der Waals surface area (Å²) in [7, 11) is 2.05. The first-order valence-electron chi connectivity index (χ1n) is 7.76. The molecule has 0 unspecified atom stereocenters. The summed E-state index contributed by atoms with van der Waals surface area (Å²) in [6.07, 6.45) is 1.52. The van der Waals surface area contributed by atoms with Crippen LogP contribution in [0.4, 0.5) is 5.69 Å². The van der Waals surface area contributed by atoms with Crippen molar-refractivity contribution in [2.24, 2.45) is 0 Å². The third-order valence-electron chi connectivity index (χ3n) is 4.44. The summed E-state index contributed by atoms with van der Waals surface area (Å²) in [5, 5.41) is 0. The molecule has 1 aliphatic heterocycles. The van der Waals surface area contributed by atoms with E-state index in [1.807, 2.05) is 17.0 Å². The smallest absolute Gasteiger partial charge is 0.256 e. The van der Waals surface area contributed by atoms with Crippen molar-refractivity contribution in [3.8, 4) is 0 Å². The first-order chi connectivity index (χ1) is 11.0. The van der Waals surface area contributed by atoms with Gasteiger partial charge in [0.1, 0.15) is 0 Å². The second-order valence-corrected chi connectivity index (χ2v) is 6.19. The van der Waals surface area contributed by atoms with Crippen LogP contribution in [0.3, 0.4) is 0 Å². The summed E-state index contributed by atoms with van der Waals surface area (Å²) in [5.74, 6) is -0.0450. The number of aryl methyl sites for hydroxylation is 1. The van der Waals surface area contributed by atoms with Gasteiger partial charge in [-0.15, -0.1) is 0 Å². The van der Waals surface area contributed by atoms with Crippen LogP contribution in [0, 0.1) is 6.92 Å². The van der Waals surface area contributed by atoms with Gasteiger partial charge in [-0.1, -0.05) is 18.2 Å². The number of pyridine rings is 1. The number of carbonyl (C=O) groups is 1. The lowest BCUT2D eigenvalue weighted by atomic mass is 10.1. The van der Waals surface area contributed by atoms with Crippen molar-refractivity contribution in [2.45, 2.75) is 26.4 Å². The summed E-state index contributed by atoms with van der Waals surface area (Å²) in [5.41, 5.74) is 3.37. The number of anilines is 1. The number of rotatable bonds is 1. The highest BCUT2D eigenvalue weighted by atomic mass is 16.2. The Morgan fingerprint density at radius 2 is 2.04 bits per heavy atom. The van der Waals surface area contributed by atoms with Crippen molar-refractivity contribution in [3.63, 3.8) is 0 Å². The highest BCUT2D eigenvalue weighted by Crippen LogP contribution is 2.27. The van der Waals surface area contributed by atoms with E-state index in [1.54, 1.807) is 6.92 Å². The maximum atomic E-state index is 13.0. The van der Waals surface area contributed by atoms with Crippen molar-refractivity contribution < 1.29 is 4.79 Å². The number of hydrogen-bond acceptors (Lipinski definition) is 3. The van der Waals surface area contributed by atoms with Gasteiger partial charge in [-0.2, -0.15) is 0 Å². The molecule has 5 heteroatoms. The summed E-state index contributed by atoms with van der Waals surface area (Å²) < 4.78 is 0. The Morgan fingerprint density at radius 1 is 1.30 bits per heavy atom. The van der Waals surface area contributed by atoms with E-state index >= 15 is 0 Å². The van der Waals surface area contributed by atoms with Crippen LogP contribution in [0.1, 0.15) is 28.4 Å². The summed E-state index contributed by atoms with van der Waals surface area (Å²) in [4.78, 5) is 31.0. The number of likely N-dealkylation sites (N-methyl/N-ethyl adjacent to an activating group) is 1. The number of aromatic nitrogens is 1. The van der Waals surface area contributed by atoms with Gasteiger partial charge < -0.3 is 14.8 Å². The van der Waals surface area contributed by atoms with Crippen LogP contribution in [0.5, 0.6) is 0 Å². The monoisotopic (exact) mass is 311 g/mol. The van der Waals surface area contributed by atoms with E-state index in [1.165, 1.54) is 12.3 Å². The molecule has 23 heavy (non-hydrogen) atoms. The van der Waals surface area contributed by atoms with Gasteiger partial charge in [-0.3, -0.25) is 9.59 Å². The van der Waals surface area contributed by atoms with Gasteiger partial charge in [0.15, 0.2) is 0 Å². The van der Waals surface area contributed by atoms with Gasteiger partial charge in [-0.25, -0.2) is 0 Å². The third-order valence-corrected chi connectivity index (χ3v) is 4.44. The van der Waals surface area contributed by atoms with Gasteiger partial charge in [0, 0.05) is 44.1 Å². The zero-order valence-electron chi connectivity index (χ0n) is 13.7. The Bertz CT molecular complexity index is 797. The number of H-pyrrole nitrogens is 1. The molecule has 2 aromatic rings. The van der Waals surface area contributed by atoms with Gasteiger partial charge in [0.05, 0.1) is 5.56 Å². The number of nitrogens with zero attached hydrogens (tertiary/aromatic N) is 2. The molecule has 0 fully saturated rings. The van der Waals surface area contributed by atoms with E-state index in [2.05, 4.69) is 36.0 Å². The Labute approximate surface area is 135 Å². The van der Waals surface area contributed by atoms with Crippen LogP contribution in [0.15, 0.2) is 41.3 Å². The van der Waals surface area contributed by atoms with E-state index in [-0.39, 0.29) is 17.5 Å². The lowest BCUT2D eigenvalue weighted by Crippen LogP contribution is -2.42. The highest BCUT2D eigenvalue weighted by Gasteiger charge is 2.28. The van der Waals surface area contributed by atoms with Crippen LogP contribution in [-0.2, 0) is 6.54 Å². The number of aromatic amines is 1. The quantitative estimate of drug-likeness (QED) is 0.878. The van der Waals surface area contributed by atoms with E-state index < -0.39 is 0 Å². The lowest BCUT2D eigenvalue weighted by Gasteiger charge is -2.29. The standard InChI is InChI=1S/C18H21N3O2/c1-12-8-17(22)19-9-15(12)18(23)21-11-14-6-4-5-7-16(14)20(3)10-13(21)2/h4-9,13H,10-11H2,1-3H3,(H,19,22)/t13-/m1/s1. The molecule has 1 atom stereocenters. The average Bonchev–Trinajstić information content (AvgIpc) is 2.64. The van der Waals surface area contributed by atoms with Crippen LogP contribution in [-0.4, -0.2) is 35.4 Å². The first kappa shape index (κ1) is 15.3. The lowest BCUT2D eigenvalue weighted by molar-refractivity contribution is 0.0686. The fraction of sp³-hybridized carbons (Fsp3) is 0.333. The molecule has 3 rings (SSSR count). The fourth-order valence-corrected chi connectivity index (χ4v) is 3.18. The number of amides is 1. The van der Waals surface area contributed by atoms with Crippen LogP contribution >= 0.6 is 0 Å². The van der Waals surface area contributed by atoms with Crippen LogP contribution in [0.25, 0.3) is 0 Å². The van der Waals surface area contributed by atoms with E-state index in [0.29, 0.717) is 17.7 Å². The second kappa shape index (κ2) is 5.91. The predicted octanol–water partition coefficient (Wildman–Crippen LogP) is 2.16. The second-order valence-electron chi connectivity index (χ2n) is 6.19. The molecular formula is C18H21N3O2. The molecule has 5 nitrogen and oxygen atoms in total. The minimum atomic E-state index is -0.187. The highest BCUT2D eigenvalue weighted by molar-refractivity contribution is 5.95. The van der Waals surface area contributed by atoms with Gasteiger partial charge in [0.2, 0.25) is 5.56 Å². The van der Waals surface area contributed by atoms with E-state index in [0.717, 1.165) is 17.8 Å². The number of nitrogens with one attached hydrogen (secondary N) is 1. The molecule has 0 saturated heterocycles. The average molecular weight is 311 g/mol. The fourth-order valence-electron chi connectivity index (χ4n) is 3.18. The Hall–Kier alpha value is -2.56. The Morgan fingerprint density at radius 3 is 2.78 bits per heavy atom. The van der Waals surface area contributed by atoms with Crippen molar-refractivity contribution in [3.05, 3.63) is 63.6 Å². The molecule has 0 bridgehead atoms.